The number of piperidine rings is 1. The molecular weight excluding hydrogens is 200 g/mol. The molecule has 2 N–H and O–H groups in total. The van der Waals surface area contributed by atoms with Crippen molar-refractivity contribution in [3.63, 3.8) is 0 Å². The number of amides is 2. The number of thioether (sulfide) groups is 1. The molecule has 0 aliphatic carbocycles. The van der Waals surface area contributed by atoms with Gasteiger partial charge in [-0.05, 0) is 18.6 Å². The molecule has 4 nitrogen and oxygen atoms in total. The van der Waals surface area contributed by atoms with Crippen molar-refractivity contribution in [2.45, 2.75) is 31.3 Å². The third-order valence-corrected chi connectivity index (χ3v) is 3.77. The minimum absolute atomic E-state index is 0.145. The Bertz CT molecular complexity index is 251. The van der Waals surface area contributed by atoms with Gasteiger partial charge in [0.05, 0.1) is 6.04 Å². The number of imide groups is 1. The summed E-state index contributed by atoms with van der Waals surface area (Å²) in [4.78, 5) is 22.3. The van der Waals surface area contributed by atoms with Crippen LogP contribution in [0.1, 0.15) is 19.3 Å². The van der Waals surface area contributed by atoms with Crippen molar-refractivity contribution in [3.8, 4) is 0 Å². The average molecular weight is 214 g/mol. The minimum Gasteiger partial charge on any atom is -0.302 e. The average Bonchev–Trinajstić information content (AvgIpc) is 2.62. The Labute approximate surface area is 87.2 Å². The van der Waals surface area contributed by atoms with Gasteiger partial charge in [0.25, 0.3) is 0 Å². The fraction of sp³-hybridized carbons (Fsp3) is 0.778. The van der Waals surface area contributed by atoms with E-state index in [1.54, 1.807) is 0 Å². The Balaban J connectivity index is 1.85. The molecule has 0 bridgehead atoms. The zero-order chi connectivity index (χ0) is 9.97. The van der Waals surface area contributed by atoms with Gasteiger partial charge in [-0.15, -0.1) is 0 Å². The molecule has 2 atom stereocenters. The highest BCUT2D eigenvalue weighted by molar-refractivity contribution is 7.99. The van der Waals surface area contributed by atoms with E-state index < -0.39 is 0 Å². The molecule has 2 unspecified atom stereocenters. The van der Waals surface area contributed by atoms with Crippen molar-refractivity contribution < 1.29 is 9.59 Å². The number of carbonyl (C=O) groups excluding carboxylic acids is 2. The van der Waals surface area contributed by atoms with Crippen molar-refractivity contribution in [1.82, 2.24) is 10.6 Å². The predicted octanol–water partition coefficient (Wildman–Crippen LogP) is -0.113. The normalized spacial score (nSPS) is 33.1. The van der Waals surface area contributed by atoms with E-state index >= 15 is 0 Å². The third kappa shape index (κ3) is 2.27. The van der Waals surface area contributed by atoms with Crippen LogP contribution in [0.4, 0.5) is 0 Å². The predicted molar refractivity (Wildman–Crippen MR) is 55.0 cm³/mol. The van der Waals surface area contributed by atoms with Gasteiger partial charge < -0.3 is 5.32 Å². The highest BCUT2D eigenvalue weighted by atomic mass is 32.2. The van der Waals surface area contributed by atoms with E-state index in [0.717, 1.165) is 12.2 Å². The van der Waals surface area contributed by atoms with E-state index in [2.05, 4.69) is 10.6 Å². The standard InChI is InChI=1S/C9H14N2O2S/c12-8-2-1-7(9(13)11-8)10-6-3-4-14-5-6/h6-7,10H,1-5H2,(H,11,12,13). The summed E-state index contributed by atoms with van der Waals surface area (Å²) >= 11 is 1.91. The highest BCUT2D eigenvalue weighted by Gasteiger charge is 2.29. The molecule has 0 spiro atoms. The zero-order valence-corrected chi connectivity index (χ0v) is 8.73. The van der Waals surface area contributed by atoms with E-state index in [4.69, 9.17) is 0 Å². The summed E-state index contributed by atoms with van der Waals surface area (Å²) in [5.74, 6) is 1.95. The number of carbonyl (C=O) groups is 2. The van der Waals surface area contributed by atoms with Crippen LogP contribution in [0.3, 0.4) is 0 Å². The highest BCUT2D eigenvalue weighted by Crippen LogP contribution is 2.18. The zero-order valence-electron chi connectivity index (χ0n) is 7.91. The van der Waals surface area contributed by atoms with Gasteiger partial charge >= 0.3 is 0 Å². The lowest BCUT2D eigenvalue weighted by Gasteiger charge is -2.24. The smallest absolute Gasteiger partial charge is 0.243 e. The van der Waals surface area contributed by atoms with Crippen LogP contribution in [0.5, 0.6) is 0 Å². The maximum atomic E-state index is 11.4. The Morgan fingerprint density at radius 1 is 1.36 bits per heavy atom. The fourth-order valence-electron chi connectivity index (χ4n) is 1.80. The van der Waals surface area contributed by atoms with Crippen LogP contribution in [0.15, 0.2) is 0 Å². The maximum absolute atomic E-state index is 11.4. The van der Waals surface area contributed by atoms with Crippen LogP contribution in [-0.2, 0) is 9.59 Å². The molecule has 2 aliphatic rings. The summed E-state index contributed by atoms with van der Waals surface area (Å²) in [6.45, 7) is 0. The van der Waals surface area contributed by atoms with Crippen LogP contribution in [0, 0.1) is 0 Å². The lowest BCUT2D eigenvalue weighted by Crippen LogP contribution is -2.53. The van der Waals surface area contributed by atoms with Crippen LogP contribution in [0.2, 0.25) is 0 Å². The Morgan fingerprint density at radius 3 is 2.86 bits per heavy atom. The SMILES string of the molecule is O=C1CCC(NC2CCSC2)C(=O)N1. The molecule has 0 radical (unpaired) electrons. The van der Waals surface area contributed by atoms with Crippen molar-refractivity contribution in [3.05, 3.63) is 0 Å². The van der Waals surface area contributed by atoms with E-state index in [9.17, 15) is 9.59 Å². The van der Waals surface area contributed by atoms with Gasteiger partial charge in [0.15, 0.2) is 0 Å². The second-order valence-corrected chi connectivity index (χ2v) is 4.88. The van der Waals surface area contributed by atoms with Gasteiger partial charge in [0, 0.05) is 18.2 Å². The van der Waals surface area contributed by atoms with E-state index in [0.29, 0.717) is 18.9 Å². The van der Waals surface area contributed by atoms with Crippen LogP contribution >= 0.6 is 11.8 Å². The second-order valence-electron chi connectivity index (χ2n) is 3.73. The largest absolute Gasteiger partial charge is 0.302 e. The number of nitrogens with one attached hydrogen (secondary N) is 2. The molecule has 5 heteroatoms. The summed E-state index contributed by atoms with van der Waals surface area (Å²) < 4.78 is 0. The van der Waals surface area contributed by atoms with E-state index in [-0.39, 0.29) is 17.9 Å². The Kier molecular flexibility index (Phi) is 3.08. The van der Waals surface area contributed by atoms with Crippen molar-refractivity contribution in [2.75, 3.05) is 11.5 Å². The van der Waals surface area contributed by atoms with Gasteiger partial charge in [-0.1, -0.05) is 0 Å². The lowest BCUT2D eigenvalue weighted by atomic mass is 10.0. The molecule has 0 aromatic carbocycles. The van der Waals surface area contributed by atoms with Crippen molar-refractivity contribution >= 4 is 23.6 Å². The topological polar surface area (TPSA) is 58.2 Å². The van der Waals surface area contributed by atoms with Crippen molar-refractivity contribution in [2.24, 2.45) is 0 Å². The summed E-state index contributed by atoms with van der Waals surface area (Å²) in [5.41, 5.74) is 0. The molecule has 78 valence electrons. The summed E-state index contributed by atoms with van der Waals surface area (Å²) in [6, 6.07) is 0.292. The molecule has 0 saturated carbocycles. The second kappa shape index (κ2) is 4.31. The van der Waals surface area contributed by atoms with E-state index in [1.807, 2.05) is 11.8 Å². The lowest BCUT2D eigenvalue weighted by molar-refractivity contribution is -0.134. The first-order chi connectivity index (χ1) is 6.75. The third-order valence-electron chi connectivity index (χ3n) is 2.61. The number of hydrogen-bond acceptors (Lipinski definition) is 4. The summed E-state index contributed by atoms with van der Waals surface area (Å²) in [5, 5.41) is 5.66. The Hall–Kier alpha value is -0.550. The molecule has 2 heterocycles. The summed E-state index contributed by atoms with van der Waals surface area (Å²) in [6.07, 6.45) is 2.23. The molecule has 0 aromatic heterocycles. The molecule has 14 heavy (non-hydrogen) atoms. The molecule has 2 rings (SSSR count). The van der Waals surface area contributed by atoms with Gasteiger partial charge in [0.2, 0.25) is 11.8 Å². The van der Waals surface area contributed by atoms with Gasteiger partial charge in [-0.3, -0.25) is 14.9 Å². The quantitative estimate of drug-likeness (QED) is 0.630. The fourth-order valence-corrected chi connectivity index (χ4v) is 2.97. The van der Waals surface area contributed by atoms with Gasteiger partial charge in [-0.25, -0.2) is 0 Å². The molecule has 2 saturated heterocycles. The number of rotatable bonds is 2. The maximum Gasteiger partial charge on any atom is 0.243 e. The van der Waals surface area contributed by atoms with Crippen LogP contribution in [0.25, 0.3) is 0 Å². The monoisotopic (exact) mass is 214 g/mol. The molecule has 2 amide bonds. The number of hydrogen-bond donors (Lipinski definition) is 2. The minimum atomic E-state index is -0.156. The van der Waals surface area contributed by atoms with Gasteiger partial charge in [0.1, 0.15) is 0 Å². The van der Waals surface area contributed by atoms with Crippen molar-refractivity contribution in [1.29, 1.82) is 0 Å². The first-order valence-corrected chi connectivity index (χ1v) is 6.08. The Morgan fingerprint density at radius 2 is 2.21 bits per heavy atom. The van der Waals surface area contributed by atoms with Crippen LogP contribution < -0.4 is 10.6 Å². The van der Waals surface area contributed by atoms with Crippen LogP contribution in [-0.4, -0.2) is 35.4 Å². The van der Waals surface area contributed by atoms with Gasteiger partial charge in [-0.2, -0.15) is 11.8 Å². The molecule has 2 fully saturated rings. The van der Waals surface area contributed by atoms with E-state index in [1.165, 1.54) is 5.75 Å². The molecule has 2 aliphatic heterocycles. The first kappa shape index (κ1) is 9.98. The summed E-state index contributed by atoms with van der Waals surface area (Å²) in [7, 11) is 0. The molecular formula is C9H14N2O2S. The molecule has 0 aromatic rings. The first-order valence-electron chi connectivity index (χ1n) is 4.93.